The molecule has 0 heterocycles. The number of ether oxygens (including phenoxy) is 1. The summed E-state index contributed by atoms with van der Waals surface area (Å²) in [4.78, 5) is 25.5. The lowest BCUT2D eigenvalue weighted by atomic mass is 10.2. The van der Waals surface area contributed by atoms with Crippen molar-refractivity contribution >= 4 is 21.9 Å². The third-order valence-corrected chi connectivity index (χ3v) is 5.10. The van der Waals surface area contributed by atoms with Gasteiger partial charge >= 0.3 is 5.97 Å². The quantitative estimate of drug-likeness (QED) is 0.684. The van der Waals surface area contributed by atoms with Gasteiger partial charge in [0.1, 0.15) is 11.9 Å². The van der Waals surface area contributed by atoms with E-state index >= 15 is 0 Å². The van der Waals surface area contributed by atoms with E-state index in [2.05, 4.69) is 4.72 Å². The fourth-order valence-corrected chi connectivity index (χ4v) is 3.66. The van der Waals surface area contributed by atoms with Gasteiger partial charge in [-0.2, -0.15) is 4.72 Å². The maximum Gasteiger partial charge on any atom is 0.324 e. The van der Waals surface area contributed by atoms with Crippen molar-refractivity contribution in [1.29, 1.82) is 0 Å². The summed E-state index contributed by atoms with van der Waals surface area (Å²) in [5.41, 5.74) is 0. The predicted octanol–water partition coefficient (Wildman–Crippen LogP) is 1.68. The summed E-state index contributed by atoms with van der Waals surface area (Å²) in [7, 11) is -4.02. The topological polar surface area (TPSA) is 92.8 Å². The molecule has 0 aliphatic rings. The SMILES string of the molecule is CC(C)N(C(=O)COC(=O)[C@H](C)NS(=O)(=O)c1ccc(F)cc1)C(C)C. The van der Waals surface area contributed by atoms with E-state index in [1.165, 1.54) is 6.92 Å². The summed E-state index contributed by atoms with van der Waals surface area (Å²) < 4.78 is 44.3. The van der Waals surface area contributed by atoms with Crippen LogP contribution >= 0.6 is 0 Å². The first-order valence-corrected chi connectivity index (χ1v) is 9.69. The first kappa shape index (κ1) is 22.0. The van der Waals surface area contributed by atoms with E-state index in [4.69, 9.17) is 4.74 Å². The zero-order valence-electron chi connectivity index (χ0n) is 15.5. The van der Waals surface area contributed by atoms with E-state index in [0.717, 1.165) is 24.3 Å². The second kappa shape index (κ2) is 9.09. The lowest BCUT2D eigenvalue weighted by Gasteiger charge is -2.30. The minimum Gasteiger partial charge on any atom is -0.454 e. The van der Waals surface area contributed by atoms with E-state index in [1.54, 1.807) is 4.90 Å². The number of rotatable bonds is 8. The molecule has 0 aromatic heterocycles. The fourth-order valence-electron chi connectivity index (χ4n) is 2.47. The van der Waals surface area contributed by atoms with Crippen LogP contribution in [0.5, 0.6) is 0 Å². The van der Waals surface area contributed by atoms with Gasteiger partial charge in [0.2, 0.25) is 10.0 Å². The molecule has 0 bridgehead atoms. The van der Waals surface area contributed by atoms with Crippen LogP contribution in [0.15, 0.2) is 29.2 Å². The van der Waals surface area contributed by atoms with Crippen molar-refractivity contribution in [2.75, 3.05) is 6.61 Å². The van der Waals surface area contributed by atoms with Crippen LogP contribution in [0, 0.1) is 5.82 Å². The molecule has 1 atom stereocenters. The summed E-state index contributed by atoms with van der Waals surface area (Å²) in [6.45, 7) is 8.21. The molecular weight excluding hydrogens is 363 g/mol. The highest BCUT2D eigenvalue weighted by atomic mass is 32.2. The number of carbonyl (C=O) groups is 2. The van der Waals surface area contributed by atoms with E-state index < -0.39 is 34.5 Å². The second-order valence-corrected chi connectivity index (χ2v) is 8.11. The highest BCUT2D eigenvalue weighted by Gasteiger charge is 2.26. The molecule has 0 aliphatic heterocycles. The fraction of sp³-hybridized carbons (Fsp3) is 0.529. The third kappa shape index (κ3) is 6.06. The number of halogens is 1. The minimum atomic E-state index is -4.02. The van der Waals surface area contributed by atoms with E-state index in [1.807, 2.05) is 27.7 Å². The summed E-state index contributed by atoms with van der Waals surface area (Å²) in [6, 6.07) is 2.85. The molecule has 146 valence electrons. The molecule has 26 heavy (non-hydrogen) atoms. The van der Waals surface area contributed by atoms with Gasteiger partial charge in [0.05, 0.1) is 4.90 Å². The average Bonchev–Trinajstić information content (AvgIpc) is 2.51. The summed E-state index contributed by atoms with van der Waals surface area (Å²) in [5.74, 6) is -1.82. The largest absolute Gasteiger partial charge is 0.454 e. The monoisotopic (exact) mass is 388 g/mol. The Labute approximate surface area is 153 Å². The van der Waals surface area contributed by atoms with Crippen molar-refractivity contribution < 1.29 is 27.1 Å². The Hall–Kier alpha value is -2.00. The second-order valence-electron chi connectivity index (χ2n) is 6.39. The van der Waals surface area contributed by atoms with Crippen LogP contribution in [0.1, 0.15) is 34.6 Å². The zero-order chi connectivity index (χ0) is 20.1. The van der Waals surface area contributed by atoms with Gasteiger partial charge in [-0.1, -0.05) is 0 Å². The Morgan fingerprint density at radius 2 is 1.58 bits per heavy atom. The number of nitrogens with one attached hydrogen (secondary N) is 1. The Bertz CT molecular complexity index is 724. The number of benzene rings is 1. The van der Waals surface area contributed by atoms with Gasteiger partial charge in [-0.15, -0.1) is 0 Å². The van der Waals surface area contributed by atoms with Gasteiger partial charge in [-0.05, 0) is 58.9 Å². The molecule has 0 aliphatic carbocycles. The Morgan fingerprint density at radius 3 is 2.04 bits per heavy atom. The summed E-state index contributed by atoms with van der Waals surface area (Å²) in [6.07, 6.45) is 0. The van der Waals surface area contributed by atoms with Crippen LogP contribution in [-0.2, 0) is 24.3 Å². The number of hydrogen-bond donors (Lipinski definition) is 1. The lowest BCUT2D eigenvalue weighted by Crippen LogP contribution is -2.45. The number of esters is 1. The van der Waals surface area contributed by atoms with E-state index in [9.17, 15) is 22.4 Å². The normalized spacial score (nSPS) is 12.9. The van der Waals surface area contributed by atoms with Crippen LogP contribution < -0.4 is 4.72 Å². The van der Waals surface area contributed by atoms with Crippen molar-refractivity contribution in [2.24, 2.45) is 0 Å². The van der Waals surface area contributed by atoms with Crippen molar-refractivity contribution in [1.82, 2.24) is 9.62 Å². The number of nitrogens with zero attached hydrogens (tertiary/aromatic N) is 1. The van der Waals surface area contributed by atoms with Crippen LogP contribution in [0.25, 0.3) is 0 Å². The molecule has 1 aromatic carbocycles. The maximum atomic E-state index is 12.9. The molecule has 7 nitrogen and oxygen atoms in total. The number of sulfonamides is 1. The van der Waals surface area contributed by atoms with E-state index in [-0.39, 0.29) is 22.9 Å². The average molecular weight is 388 g/mol. The molecule has 1 amide bonds. The molecule has 1 N–H and O–H groups in total. The van der Waals surface area contributed by atoms with Gasteiger partial charge in [0, 0.05) is 12.1 Å². The molecular formula is C17H25FN2O5S. The van der Waals surface area contributed by atoms with Gasteiger partial charge in [-0.3, -0.25) is 9.59 Å². The van der Waals surface area contributed by atoms with Gasteiger partial charge < -0.3 is 9.64 Å². The van der Waals surface area contributed by atoms with Crippen molar-refractivity contribution in [3.8, 4) is 0 Å². The zero-order valence-corrected chi connectivity index (χ0v) is 16.3. The van der Waals surface area contributed by atoms with E-state index in [0.29, 0.717) is 0 Å². The summed E-state index contributed by atoms with van der Waals surface area (Å²) in [5, 5.41) is 0. The molecule has 0 radical (unpaired) electrons. The number of carbonyl (C=O) groups excluding carboxylic acids is 2. The van der Waals surface area contributed by atoms with Crippen molar-refractivity contribution in [3.63, 3.8) is 0 Å². The number of hydrogen-bond acceptors (Lipinski definition) is 5. The molecule has 0 unspecified atom stereocenters. The molecule has 0 saturated heterocycles. The van der Waals surface area contributed by atoms with Gasteiger partial charge in [0.15, 0.2) is 6.61 Å². The predicted molar refractivity (Wildman–Crippen MR) is 94.3 cm³/mol. The van der Waals surface area contributed by atoms with Crippen LogP contribution in [-0.4, -0.2) is 49.9 Å². The molecule has 1 aromatic rings. The summed E-state index contributed by atoms with van der Waals surface area (Å²) >= 11 is 0. The Balaban J connectivity index is 2.67. The third-order valence-electron chi connectivity index (χ3n) is 3.55. The van der Waals surface area contributed by atoms with Crippen LogP contribution in [0.3, 0.4) is 0 Å². The van der Waals surface area contributed by atoms with Gasteiger partial charge in [-0.25, -0.2) is 12.8 Å². The van der Waals surface area contributed by atoms with Gasteiger partial charge in [0.25, 0.3) is 5.91 Å². The standard InChI is InChI=1S/C17H25FN2O5S/c1-11(2)20(12(3)4)16(21)10-25-17(22)13(5)19-26(23,24)15-8-6-14(18)7-9-15/h6-9,11-13,19H,10H2,1-5H3/t13-/m0/s1. The molecule has 0 spiro atoms. The van der Waals surface area contributed by atoms with Crippen molar-refractivity contribution in [3.05, 3.63) is 30.1 Å². The maximum absolute atomic E-state index is 12.9. The van der Waals surface area contributed by atoms with Crippen LogP contribution in [0.4, 0.5) is 4.39 Å². The molecule has 1 rings (SSSR count). The molecule has 0 fully saturated rings. The van der Waals surface area contributed by atoms with Crippen molar-refractivity contribution in [2.45, 2.75) is 57.6 Å². The minimum absolute atomic E-state index is 0.0596. The smallest absolute Gasteiger partial charge is 0.324 e. The first-order valence-electron chi connectivity index (χ1n) is 8.21. The van der Waals surface area contributed by atoms with Crippen LogP contribution in [0.2, 0.25) is 0 Å². The Morgan fingerprint density at radius 1 is 1.08 bits per heavy atom. The highest BCUT2D eigenvalue weighted by Crippen LogP contribution is 2.11. The number of amides is 1. The molecule has 9 heteroatoms. The Kier molecular flexibility index (Phi) is 7.70. The lowest BCUT2D eigenvalue weighted by molar-refractivity contribution is -0.154. The highest BCUT2D eigenvalue weighted by molar-refractivity contribution is 7.89. The first-order chi connectivity index (χ1) is 12.0. The molecule has 0 saturated carbocycles.